The molecule has 0 saturated carbocycles. The molecule has 0 aliphatic rings. The Bertz CT molecular complexity index is 566. The standard InChI is InChI=1S/C19H29NO8/c1-5-20(6-2)13-15(28-19(24)12-11-17(22)26-8-4)14-27-18(23)10-9-16(21)25-7-3/h9-12,15H,5-8,13-14H2,1-4H3/p+1/b10-9+,12-11+. The van der Waals surface area contributed by atoms with Crippen LogP contribution in [0, 0.1) is 0 Å². The molecule has 0 saturated heterocycles. The van der Waals surface area contributed by atoms with Crippen LogP contribution in [-0.2, 0) is 38.1 Å². The van der Waals surface area contributed by atoms with Crippen molar-refractivity contribution in [2.75, 3.05) is 39.5 Å². The zero-order valence-corrected chi connectivity index (χ0v) is 16.9. The van der Waals surface area contributed by atoms with Crippen LogP contribution in [0.2, 0.25) is 0 Å². The van der Waals surface area contributed by atoms with E-state index in [0.717, 1.165) is 42.3 Å². The van der Waals surface area contributed by atoms with Crippen molar-refractivity contribution >= 4 is 23.9 Å². The number of carbonyl (C=O) groups excluding carboxylic acids is 4. The zero-order chi connectivity index (χ0) is 21.4. The van der Waals surface area contributed by atoms with Gasteiger partial charge in [-0.1, -0.05) is 0 Å². The molecule has 0 aromatic carbocycles. The molecule has 0 heterocycles. The van der Waals surface area contributed by atoms with Gasteiger partial charge in [0.1, 0.15) is 13.2 Å². The van der Waals surface area contributed by atoms with Gasteiger partial charge in [-0.2, -0.15) is 0 Å². The largest absolute Gasteiger partial charge is 0.463 e. The quantitative estimate of drug-likeness (QED) is 0.253. The molecule has 0 aromatic rings. The van der Waals surface area contributed by atoms with Crippen LogP contribution in [0.5, 0.6) is 0 Å². The Kier molecular flexibility index (Phi) is 13.9. The summed E-state index contributed by atoms with van der Waals surface area (Å²) in [5.74, 6) is -2.81. The number of hydrogen-bond acceptors (Lipinski definition) is 8. The van der Waals surface area contributed by atoms with E-state index in [4.69, 9.17) is 9.47 Å². The number of rotatable bonds is 13. The molecule has 0 spiro atoms. The average Bonchev–Trinajstić information content (AvgIpc) is 2.67. The van der Waals surface area contributed by atoms with Gasteiger partial charge in [-0.25, -0.2) is 19.2 Å². The van der Waals surface area contributed by atoms with E-state index in [1.807, 2.05) is 13.8 Å². The summed E-state index contributed by atoms with van der Waals surface area (Å²) in [6.45, 7) is 9.46. The van der Waals surface area contributed by atoms with E-state index < -0.39 is 30.0 Å². The maximum Gasteiger partial charge on any atom is 0.331 e. The first kappa shape index (κ1) is 25.3. The van der Waals surface area contributed by atoms with Crippen molar-refractivity contribution < 1.29 is 43.0 Å². The number of likely N-dealkylation sites (N-methyl/N-ethyl adjacent to an activating group) is 1. The molecule has 0 aliphatic heterocycles. The van der Waals surface area contributed by atoms with E-state index in [2.05, 4.69) is 9.47 Å². The van der Waals surface area contributed by atoms with Gasteiger partial charge in [0.25, 0.3) is 0 Å². The minimum Gasteiger partial charge on any atom is -0.463 e. The van der Waals surface area contributed by atoms with Crippen molar-refractivity contribution in [3.8, 4) is 0 Å². The van der Waals surface area contributed by atoms with Gasteiger partial charge in [0.15, 0.2) is 6.10 Å². The van der Waals surface area contributed by atoms with Gasteiger partial charge in [-0.15, -0.1) is 0 Å². The highest BCUT2D eigenvalue weighted by molar-refractivity contribution is 5.92. The Morgan fingerprint density at radius 1 is 0.714 bits per heavy atom. The van der Waals surface area contributed by atoms with Crippen LogP contribution in [0.1, 0.15) is 27.7 Å². The highest BCUT2D eigenvalue weighted by Crippen LogP contribution is 1.96. The van der Waals surface area contributed by atoms with Gasteiger partial charge in [0, 0.05) is 24.3 Å². The third-order valence-corrected chi connectivity index (χ3v) is 3.49. The van der Waals surface area contributed by atoms with Crippen LogP contribution >= 0.6 is 0 Å². The molecule has 0 amide bonds. The maximum absolute atomic E-state index is 11.9. The fourth-order valence-electron chi connectivity index (χ4n) is 2.07. The average molecular weight is 400 g/mol. The molecule has 0 aliphatic carbocycles. The molecular formula is C19H30NO8+. The number of nitrogens with one attached hydrogen (secondary N) is 1. The molecule has 9 nitrogen and oxygen atoms in total. The summed E-state index contributed by atoms with van der Waals surface area (Å²) in [6.07, 6.45) is 3.13. The first-order chi connectivity index (χ1) is 13.4. The second-order valence-electron chi connectivity index (χ2n) is 5.52. The molecular weight excluding hydrogens is 370 g/mol. The number of esters is 4. The highest BCUT2D eigenvalue weighted by atomic mass is 16.6. The van der Waals surface area contributed by atoms with E-state index in [1.54, 1.807) is 13.8 Å². The topological polar surface area (TPSA) is 110 Å². The molecule has 0 rings (SSSR count). The van der Waals surface area contributed by atoms with Gasteiger partial charge in [0.2, 0.25) is 0 Å². The van der Waals surface area contributed by atoms with Gasteiger partial charge in [0.05, 0.1) is 26.3 Å². The summed E-state index contributed by atoms with van der Waals surface area (Å²) in [7, 11) is 0. The molecule has 1 atom stereocenters. The fraction of sp³-hybridized carbons (Fsp3) is 0.579. The van der Waals surface area contributed by atoms with Gasteiger partial charge < -0.3 is 23.8 Å². The highest BCUT2D eigenvalue weighted by Gasteiger charge is 2.21. The predicted molar refractivity (Wildman–Crippen MR) is 99.3 cm³/mol. The van der Waals surface area contributed by atoms with E-state index in [9.17, 15) is 19.2 Å². The predicted octanol–water partition coefficient (Wildman–Crippen LogP) is -0.395. The van der Waals surface area contributed by atoms with Gasteiger partial charge >= 0.3 is 23.9 Å². The summed E-state index contributed by atoms with van der Waals surface area (Å²) in [6, 6.07) is 0. The van der Waals surface area contributed by atoms with E-state index in [0.29, 0.717) is 6.54 Å². The SMILES string of the molecule is CCOC(=O)/C=C/C(=O)OCC(C[NH+](CC)CC)OC(=O)/C=C/C(=O)OCC. The summed E-state index contributed by atoms with van der Waals surface area (Å²) < 4.78 is 19.7. The Hall–Kier alpha value is -2.68. The van der Waals surface area contributed by atoms with Crippen molar-refractivity contribution in [3.63, 3.8) is 0 Å². The number of quaternary nitrogens is 1. The number of hydrogen-bond donors (Lipinski definition) is 1. The first-order valence-electron chi connectivity index (χ1n) is 9.26. The summed E-state index contributed by atoms with van der Waals surface area (Å²) >= 11 is 0. The van der Waals surface area contributed by atoms with Crippen LogP contribution in [0.3, 0.4) is 0 Å². The van der Waals surface area contributed by atoms with Crippen molar-refractivity contribution in [1.29, 1.82) is 0 Å². The molecule has 0 radical (unpaired) electrons. The summed E-state index contributed by atoms with van der Waals surface area (Å²) in [5.41, 5.74) is 0. The Morgan fingerprint density at radius 3 is 1.57 bits per heavy atom. The first-order valence-corrected chi connectivity index (χ1v) is 9.26. The van der Waals surface area contributed by atoms with E-state index >= 15 is 0 Å². The van der Waals surface area contributed by atoms with Gasteiger partial charge in [-0.3, -0.25) is 0 Å². The Morgan fingerprint density at radius 2 is 1.14 bits per heavy atom. The lowest BCUT2D eigenvalue weighted by Crippen LogP contribution is -3.12. The van der Waals surface area contributed by atoms with Gasteiger partial charge in [-0.05, 0) is 27.7 Å². The normalized spacial score (nSPS) is 12.2. The second-order valence-corrected chi connectivity index (χ2v) is 5.52. The number of carbonyl (C=O) groups is 4. The second kappa shape index (κ2) is 15.4. The van der Waals surface area contributed by atoms with Crippen LogP contribution in [0.15, 0.2) is 24.3 Å². The molecule has 9 heteroatoms. The summed E-state index contributed by atoms with van der Waals surface area (Å²) in [4.78, 5) is 47.2. The molecule has 28 heavy (non-hydrogen) atoms. The molecule has 0 aromatic heterocycles. The Labute approximate surface area is 165 Å². The number of ether oxygens (including phenoxy) is 4. The minimum atomic E-state index is -0.759. The monoisotopic (exact) mass is 400 g/mol. The maximum atomic E-state index is 11.9. The molecule has 1 unspecified atom stereocenters. The van der Waals surface area contributed by atoms with Crippen molar-refractivity contribution in [3.05, 3.63) is 24.3 Å². The summed E-state index contributed by atoms with van der Waals surface area (Å²) in [5, 5.41) is 0. The Balaban J connectivity index is 4.79. The molecule has 0 fully saturated rings. The van der Waals surface area contributed by atoms with Crippen molar-refractivity contribution in [2.45, 2.75) is 33.8 Å². The third kappa shape index (κ3) is 12.6. The van der Waals surface area contributed by atoms with Crippen LogP contribution in [0.4, 0.5) is 0 Å². The lowest BCUT2D eigenvalue weighted by molar-refractivity contribution is -0.899. The van der Waals surface area contributed by atoms with Crippen LogP contribution in [0.25, 0.3) is 0 Å². The molecule has 158 valence electrons. The molecule has 0 bridgehead atoms. The lowest BCUT2D eigenvalue weighted by atomic mass is 10.3. The van der Waals surface area contributed by atoms with Crippen molar-refractivity contribution in [2.24, 2.45) is 0 Å². The zero-order valence-electron chi connectivity index (χ0n) is 16.9. The van der Waals surface area contributed by atoms with Crippen LogP contribution in [-0.4, -0.2) is 69.4 Å². The van der Waals surface area contributed by atoms with E-state index in [1.165, 1.54) is 0 Å². The fourth-order valence-corrected chi connectivity index (χ4v) is 2.07. The van der Waals surface area contributed by atoms with Crippen LogP contribution < -0.4 is 4.90 Å². The lowest BCUT2D eigenvalue weighted by Gasteiger charge is -2.22. The smallest absolute Gasteiger partial charge is 0.331 e. The van der Waals surface area contributed by atoms with Crippen molar-refractivity contribution in [1.82, 2.24) is 0 Å². The molecule has 1 N–H and O–H groups in total. The third-order valence-electron chi connectivity index (χ3n) is 3.49. The van der Waals surface area contributed by atoms with E-state index in [-0.39, 0.29) is 19.8 Å². The minimum absolute atomic E-state index is 0.186.